The van der Waals surface area contributed by atoms with Crippen molar-refractivity contribution >= 4 is 46.9 Å². The van der Waals surface area contributed by atoms with Crippen molar-refractivity contribution in [2.24, 2.45) is 0 Å². The lowest BCUT2D eigenvalue weighted by atomic mass is 10.1. The van der Waals surface area contributed by atoms with E-state index in [0.29, 0.717) is 46.4 Å². The molecule has 0 bridgehead atoms. The van der Waals surface area contributed by atoms with Crippen LogP contribution in [0.1, 0.15) is 27.2 Å². The van der Waals surface area contributed by atoms with E-state index >= 15 is 0 Å². The van der Waals surface area contributed by atoms with Gasteiger partial charge in [-0.05, 0) is 42.0 Å². The first kappa shape index (κ1) is 21.5. The smallest absolute Gasteiger partial charge is 0.295 e. The van der Waals surface area contributed by atoms with E-state index in [0.717, 1.165) is 10.3 Å². The molecule has 0 fully saturated rings. The van der Waals surface area contributed by atoms with Gasteiger partial charge in [-0.2, -0.15) is 0 Å². The van der Waals surface area contributed by atoms with Crippen LogP contribution >= 0.6 is 35.1 Å². The molecule has 0 saturated heterocycles. The molecule has 0 aliphatic carbocycles. The summed E-state index contributed by atoms with van der Waals surface area (Å²) in [6, 6.07) is 13.9. The zero-order chi connectivity index (χ0) is 22.0. The lowest BCUT2D eigenvalue weighted by Gasteiger charge is -2.28. The molecule has 2 aromatic carbocycles. The molecule has 7 nitrogen and oxygen atoms in total. The van der Waals surface area contributed by atoms with Gasteiger partial charge in [-0.15, -0.1) is 0 Å². The van der Waals surface area contributed by atoms with Crippen LogP contribution in [-0.4, -0.2) is 27.1 Å². The van der Waals surface area contributed by atoms with Crippen molar-refractivity contribution in [1.82, 2.24) is 14.6 Å². The zero-order valence-electron chi connectivity index (χ0n) is 16.1. The average molecular weight is 480 g/mol. The molecule has 1 aromatic heterocycles. The minimum absolute atomic E-state index is 0.111. The van der Waals surface area contributed by atoms with E-state index in [1.807, 2.05) is 12.1 Å². The molecule has 0 saturated carbocycles. The van der Waals surface area contributed by atoms with Crippen LogP contribution in [0.5, 0.6) is 0 Å². The maximum atomic E-state index is 13.0. The number of halogens is 3. The van der Waals surface area contributed by atoms with Gasteiger partial charge >= 0.3 is 0 Å². The summed E-state index contributed by atoms with van der Waals surface area (Å²) in [5.74, 6) is -0.00354. The molecule has 3 aromatic rings. The third kappa shape index (κ3) is 4.63. The van der Waals surface area contributed by atoms with Gasteiger partial charge in [-0.1, -0.05) is 40.1 Å². The van der Waals surface area contributed by atoms with Gasteiger partial charge < -0.3 is 10.2 Å². The van der Waals surface area contributed by atoms with Crippen molar-refractivity contribution in [2.45, 2.75) is 19.5 Å². The number of aromatic nitrogens is 2. The number of anilines is 1. The van der Waals surface area contributed by atoms with Crippen LogP contribution in [-0.2, 0) is 19.5 Å². The number of carbonyl (C=O) groups excluding carboxylic acids is 1. The van der Waals surface area contributed by atoms with Crippen LogP contribution in [0.3, 0.4) is 0 Å². The number of hydrogen-bond donors (Lipinski definition) is 1. The van der Waals surface area contributed by atoms with E-state index in [4.69, 9.17) is 39.5 Å². The number of amides is 1. The summed E-state index contributed by atoms with van der Waals surface area (Å²) < 4.78 is 5.64. The van der Waals surface area contributed by atoms with Crippen LogP contribution in [0.4, 0.5) is 5.95 Å². The Kier molecular flexibility index (Phi) is 6.36. The Morgan fingerprint density at radius 1 is 1.06 bits per heavy atom. The first-order valence-electron chi connectivity index (χ1n) is 9.43. The summed E-state index contributed by atoms with van der Waals surface area (Å²) in [4.78, 5) is 31.9. The monoisotopic (exact) mass is 478 g/mol. The third-order valence-corrected chi connectivity index (χ3v) is 5.64. The van der Waals surface area contributed by atoms with Crippen LogP contribution in [0.2, 0.25) is 10.0 Å². The summed E-state index contributed by atoms with van der Waals surface area (Å²) in [5.41, 5.74) is 1.94. The molecule has 4 rings (SSSR count). The number of nitrogens with zero attached hydrogens (tertiary/aromatic N) is 3. The van der Waals surface area contributed by atoms with E-state index in [1.54, 1.807) is 41.3 Å². The zero-order valence-corrected chi connectivity index (χ0v) is 18.4. The molecule has 0 unspecified atom stereocenters. The molecule has 0 atom stereocenters. The van der Waals surface area contributed by atoms with Crippen LogP contribution in [0.15, 0.2) is 53.3 Å². The maximum Gasteiger partial charge on any atom is 0.295 e. The molecule has 0 spiro atoms. The number of nitrogens with one attached hydrogen (secondary N) is 1. The topological polar surface area (TPSA) is 76.5 Å². The van der Waals surface area contributed by atoms with Crippen molar-refractivity contribution in [3.63, 3.8) is 0 Å². The van der Waals surface area contributed by atoms with Crippen molar-refractivity contribution in [3.05, 3.63) is 91.3 Å². The molecule has 0 radical (unpaired) electrons. The van der Waals surface area contributed by atoms with Gasteiger partial charge in [0.1, 0.15) is 0 Å². The lowest BCUT2D eigenvalue weighted by Crippen LogP contribution is -2.42. The summed E-state index contributed by atoms with van der Waals surface area (Å²) in [6.45, 7) is 0.938. The summed E-state index contributed by atoms with van der Waals surface area (Å²) in [6.07, 6.45) is 0.433. The van der Waals surface area contributed by atoms with E-state index in [9.17, 15) is 9.59 Å². The Morgan fingerprint density at radius 2 is 1.71 bits per heavy atom. The molecule has 31 heavy (non-hydrogen) atoms. The largest absolute Gasteiger partial charge is 0.349 e. The lowest BCUT2D eigenvalue weighted by molar-refractivity contribution is 0.0731. The minimum Gasteiger partial charge on any atom is -0.349 e. The fourth-order valence-electron chi connectivity index (χ4n) is 3.37. The van der Waals surface area contributed by atoms with Gasteiger partial charge in [-0.25, -0.2) is 4.98 Å². The van der Waals surface area contributed by atoms with Crippen molar-refractivity contribution < 1.29 is 9.18 Å². The molecule has 1 N–H and O–H groups in total. The second-order valence-electron chi connectivity index (χ2n) is 6.99. The molecular weight excluding hydrogens is 463 g/mol. The summed E-state index contributed by atoms with van der Waals surface area (Å²) in [5, 5.41) is 4.24. The minimum atomic E-state index is -0.466. The summed E-state index contributed by atoms with van der Waals surface area (Å²) in [7, 11) is 0. The highest BCUT2D eigenvalue weighted by atomic mass is 35.5. The van der Waals surface area contributed by atoms with Gasteiger partial charge in [0.2, 0.25) is 5.95 Å². The second-order valence-corrected chi connectivity index (χ2v) is 8.00. The standard InChI is InChI=1S/C21H17Cl3N4O3/c22-15-5-1-13(2-6-15)11-25-21-26-18-9-10-27(12-17(18)20(30)28(21)31-24)19(29)14-3-7-16(23)8-4-14/h1-8H,9-12H2,(H,25,26). The molecule has 10 heteroatoms. The average Bonchev–Trinajstić information content (AvgIpc) is 2.78. The van der Waals surface area contributed by atoms with Crippen LogP contribution in [0, 0.1) is 0 Å². The fourth-order valence-corrected chi connectivity index (χ4v) is 3.75. The fraction of sp³-hybridized carbons (Fsp3) is 0.190. The Labute approximate surface area is 193 Å². The third-order valence-electron chi connectivity index (χ3n) is 5.00. The van der Waals surface area contributed by atoms with E-state index in [-0.39, 0.29) is 18.4 Å². The van der Waals surface area contributed by atoms with E-state index in [1.165, 1.54) is 0 Å². The summed E-state index contributed by atoms with van der Waals surface area (Å²) >= 11 is 17.4. The number of fused-ring (bicyclic) bond motifs is 1. The van der Waals surface area contributed by atoms with E-state index < -0.39 is 5.56 Å². The maximum absolute atomic E-state index is 13.0. The normalized spacial score (nSPS) is 12.9. The van der Waals surface area contributed by atoms with Crippen molar-refractivity contribution in [2.75, 3.05) is 11.9 Å². The van der Waals surface area contributed by atoms with Gasteiger partial charge in [0.15, 0.2) is 11.9 Å². The van der Waals surface area contributed by atoms with Crippen molar-refractivity contribution in [1.29, 1.82) is 0 Å². The number of rotatable bonds is 5. The highest BCUT2D eigenvalue weighted by molar-refractivity contribution is 6.30. The first-order valence-corrected chi connectivity index (χ1v) is 10.5. The molecule has 2 heterocycles. The van der Waals surface area contributed by atoms with Crippen LogP contribution in [0.25, 0.3) is 0 Å². The predicted octanol–water partition coefficient (Wildman–Crippen LogP) is 3.94. The molecule has 1 aliphatic rings. The quantitative estimate of drug-likeness (QED) is 0.600. The SMILES string of the molecule is O=C(c1ccc(Cl)cc1)N1CCc2nc(NCc3ccc(Cl)cc3)n(OCl)c(=O)c2C1. The number of benzene rings is 2. The highest BCUT2D eigenvalue weighted by Crippen LogP contribution is 2.20. The predicted molar refractivity (Wildman–Crippen MR) is 120 cm³/mol. The van der Waals surface area contributed by atoms with Gasteiger partial charge in [0, 0.05) is 35.1 Å². The molecular formula is C21H17Cl3N4O3. The van der Waals surface area contributed by atoms with E-state index in [2.05, 4.69) is 10.3 Å². The van der Waals surface area contributed by atoms with Gasteiger partial charge in [0.25, 0.3) is 11.5 Å². The molecule has 1 amide bonds. The Balaban J connectivity index is 1.56. The van der Waals surface area contributed by atoms with Crippen LogP contribution < -0.4 is 15.3 Å². The van der Waals surface area contributed by atoms with Gasteiger partial charge in [0.05, 0.1) is 17.8 Å². The Hall–Kier alpha value is -2.74. The second kappa shape index (κ2) is 9.18. The Morgan fingerprint density at radius 3 is 2.35 bits per heavy atom. The van der Waals surface area contributed by atoms with Crippen molar-refractivity contribution in [3.8, 4) is 0 Å². The number of carbonyl (C=O) groups is 1. The first-order chi connectivity index (χ1) is 15.0. The van der Waals surface area contributed by atoms with Gasteiger partial charge in [-0.3, -0.25) is 14.0 Å². The highest BCUT2D eigenvalue weighted by Gasteiger charge is 2.27. The molecule has 160 valence electrons. The number of hydrogen-bond acceptors (Lipinski definition) is 5. The Bertz CT molecular complexity index is 1160. The molecule has 1 aliphatic heterocycles.